The Morgan fingerprint density at radius 3 is 2.24 bits per heavy atom. The molecule has 1 aliphatic carbocycles. The number of para-hydroxylation sites is 1. The molecule has 2 heterocycles. The Kier molecular flexibility index (Phi) is 8.70. The van der Waals surface area contributed by atoms with Crippen molar-refractivity contribution in [1.29, 1.82) is 0 Å². The molecule has 0 radical (unpaired) electrons. The van der Waals surface area contributed by atoms with Crippen LogP contribution in [0.25, 0.3) is 16.6 Å². The number of Topliss-reactive ketones (excluding diaryl/α,β-unsaturated/α-hetero) is 1. The predicted molar refractivity (Wildman–Crippen MR) is 195 cm³/mol. The minimum atomic E-state index is -0.815. The molecular formula is C42H37ClN2O5. The van der Waals surface area contributed by atoms with Crippen LogP contribution in [0.3, 0.4) is 0 Å². The van der Waals surface area contributed by atoms with E-state index in [1.54, 1.807) is 42.0 Å². The van der Waals surface area contributed by atoms with Crippen LogP contribution in [-0.4, -0.2) is 33.9 Å². The number of nitrogens with zero attached hydrogens (tertiary/aromatic N) is 2. The lowest BCUT2D eigenvalue weighted by Crippen LogP contribution is -2.28. The number of hydrogen-bond donors (Lipinski definition) is 0. The first-order chi connectivity index (χ1) is 24.0. The van der Waals surface area contributed by atoms with E-state index in [-0.39, 0.29) is 23.5 Å². The van der Waals surface area contributed by atoms with Crippen LogP contribution in [0, 0.1) is 12.3 Å². The van der Waals surface area contributed by atoms with Gasteiger partial charge in [0.05, 0.1) is 24.7 Å². The van der Waals surface area contributed by atoms with E-state index in [4.69, 9.17) is 21.1 Å². The van der Waals surface area contributed by atoms with Crippen molar-refractivity contribution in [2.24, 2.45) is 5.41 Å². The third-order valence-electron chi connectivity index (χ3n) is 9.51. The van der Waals surface area contributed by atoms with E-state index in [0.29, 0.717) is 62.6 Å². The average Bonchev–Trinajstić information content (AvgIpc) is 3.61. The van der Waals surface area contributed by atoms with Gasteiger partial charge in [-0.1, -0.05) is 74.0 Å². The summed E-state index contributed by atoms with van der Waals surface area (Å²) in [7, 11) is 1.58. The fourth-order valence-corrected chi connectivity index (χ4v) is 7.27. The van der Waals surface area contributed by atoms with Crippen molar-refractivity contribution < 1.29 is 23.9 Å². The van der Waals surface area contributed by atoms with Crippen LogP contribution >= 0.6 is 11.6 Å². The van der Waals surface area contributed by atoms with E-state index < -0.39 is 12.1 Å². The minimum absolute atomic E-state index is 0.0769. The summed E-state index contributed by atoms with van der Waals surface area (Å²) >= 11 is 6.11. The van der Waals surface area contributed by atoms with Crippen molar-refractivity contribution in [2.75, 3.05) is 7.11 Å². The second-order valence-corrected chi connectivity index (χ2v) is 14.0. The Hall–Kier alpha value is -5.40. The summed E-state index contributed by atoms with van der Waals surface area (Å²) in [5.41, 5.74) is 6.11. The van der Waals surface area contributed by atoms with Crippen molar-refractivity contribution in [3.05, 3.63) is 154 Å². The van der Waals surface area contributed by atoms with Crippen LogP contribution < -0.4 is 4.74 Å². The Bertz CT molecular complexity index is 2250. The molecule has 7 rings (SSSR count). The van der Waals surface area contributed by atoms with Gasteiger partial charge in [0, 0.05) is 45.0 Å². The van der Waals surface area contributed by atoms with Gasteiger partial charge >= 0.3 is 5.97 Å². The molecule has 1 unspecified atom stereocenters. The number of benzene rings is 4. The van der Waals surface area contributed by atoms with Crippen LogP contribution in [0.2, 0.25) is 5.02 Å². The number of ether oxygens (including phenoxy) is 2. The molecule has 0 amide bonds. The van der Waals surface area contributed by atoms with Gasteiger partial charge in [-0.15, -0.1) is 0 Å². The molecule has 2 aromatic heterocycles. The highest BCUT2D eigenvalue weighted by Crippen LogP contribution is 2.41. The van der Waals surface area contributed by atoms with Gasteiger partial charge < -0.3 is 14.0 Å². The molecule has 4 aromatic carbocycles. The first-order valence-electron chi connectivity index (χ1n) is 16.6. The topological polar surface area (TPSA) is 79.5 Å². The maximum atomic E-state index is 14.2. The molecule has 8 heteroatoms. The van der Waals surface area contributed by atoms with Crippen LogP contribution in [0.5, 0.6) is 5.75 Å². The van der Waals surface area contributed by atoms with Crippen molar-refractivity contribution in [2.45, 2.75) is 46.1 Å². The standard InChI is InChI=1S/C42H37ClN2O5/c1-26-32(33-21-31(49-4)19-20-35(33)44(26)41(48)28-15-17-29(43)18-16-28)23-39(47)50-40(27-11-7-5-8-12-27)36-22-34-37(24-42(2,3)25-38(34)46)45(36)30-13-9-6-10-14-30/h5-22,40H,23-25H2,1-4H3. The van der Waals surface area contributed by atoms with Gasteiger partial charge in [0.15, 0.2) is 11.9 Å². The van der Waals surface area contributed by atoms with Crippen LogP contribution in [-0.2, 0) is 22.4 Å². The molecule has 0 N–H and O–H groups in total. The normalized spacial score (nSPS) is 14.3. The van der Waals surface area contributed by atoms with Gasteiger partial charge in [0.25, 0.3) is 5.91 Å². The summed E-state index contributed by atoms with van der Waals surface area (Å²) in [6, 6.07) is 33.6. The molecule has 6 aromatic rings. The lowest BCUT2D eigenvalue weighted by atomic mass is 9.76. The summed E-state index contributed by atoms with van der Waals surface area (Å²) in [6.07, 6.45) is 0.220. The highest BCUT2D eigenvalue weighted by Gasteiger charge is 2.37. The highest BCUT2D eigenvalue weighted by molar-refractivity contribution is 6.30. The zero-order chi connectivity index (χ0) is 35.2. The molecule has 0 fully saturated rings. The van der Waals surface area contributed by atoms with E-state index >= 15 is 0 Å². The summed E-state index contributed by atoms with van der Waals surface area (Å²) in [6.45, 7) is 6.05. The van der Waals surface area contributed by atoms with Crippen LogP contribution in [0.1, 0.15) is 75.3 Å². The van der Waals surface area contributed by atoms with E-state index in [9.17, 15) is 14.4 Å². The van der Waals surface area contributed by atoms with Crippen molar-refractivity contribution in [3.63, 3.8) is 0 Å². The number of aromatic nitrogens is 2. The number of ketones is 1. The summed E-state index contributed by atoms with van der Waals surface area (Å²) in [5, 5.41) is 1.25. The number of rotatable bonds is 8. The molecule has 1 aliphatic rings. The van der Waals surface area contributed by atoms with Crippen molar-refractivity contribution in [1.82, 2.24) is 9.13 Å². The predicted octanol–water partition coefficient (Wildman–Crippen LogP) is 9.12. The maximum absolute atomic E-state index is 14.2. The minimum Gasteiger partial charge on any atom is -0.497 e. The Morgan fingerprint density at radius 1 is 0.880 bits per heavy atom. The molecule has 7 nitrogen and oxygen atoms in total. The first-order valence-corrected chi connectivity index (χ1v) is 17.0. The lowest BCUT2D eigenvalue weighted by molar-refractivity contribution is -0.146. The zero-order valence-corrected chi connectivity index (χ0v) is 29.2. The molecule has 0 saturated heterocycles. The largest absolute Gasteiger partial charge is 0.497 e. The summed E-state index contributed by atoms with van der Waals surface area (Å²) < 4.78 is 15.7. The van der Waals surface area contributed by atoms with Crippen molar-refractivity contribution in [3.8, 4) is 11.4 Å². The van der Waals surface area contributed by atoms with E-state index in [2.05, 4.69) is 18.4 Å². The third-order valence-corrected chi connectivity index (χ3v) is 9.76. The van der Waals surface area contributed by atoms with Crippen LogP contribution in [0.15, 0.2) is 109 Å². The SMILES string of the molecule is COc1ccc2c(c1)c(CC(=O)OC(c1ccccc1)c1cc3c(n1-c1ccccc1)CC(C)(C)CC3=O)c(C)n2C(=O)c1ccc(Cl)cc1. The monoisotopic (exact) mass is 684 g/mol. The quantitative estimate of drug-likeness (QED) is 0.149. The number of hydrogen-bond acceptors (Lipinski definition) is 5. The number of halogens is 1. The van der Waals surface area contributed by atoms with Gasteiger partial charge in [-0.05, 0) is 90.6 Å². The van der Waals surface area contributed by atoms with Gasteiger partial charge in [0.2, 0.25) is 0 Å². The second kappa shape index (κ2) is 13.1. The summed E-state index contributed by atoms with van der Waals surface area (Å²) in [4.78, 5) is 41.6. The smallest absolute Gasteiger partial charge is 0.311 e. The van der Waals surface area contributed by atoms with Crippen LogP contribution in [0.4, 0.5) is 0 Å². The van der Waals surface area contributed by atoms with Gasteiger partial charge in [0.1, 0.15) is 5.75 Å². The second-order valence-electron chi connectivity index (χ2n) is 13.6. The third kappa shape index (κ3) is 6.14. The lowest BCUT2D eigenvalue weighted by Gasteiger charge is -2.30. The van der Waals surface area contributed by atoms with Gasteiger partial charge in [-0.2, -0.15) is 0 Å². The molecule has 0 saturated carbocycles. The zero-order valence-electron chi connectivity index (χ0n) is 28.4. The van der Waals surface area contributed by atoms with E-state index in [1.165, 1.54) is 0 Å². The fraction of sp³-hybridized carbons (Fsp3) is 0.214. The molecule has 0 aliphatic heterocycles. The van der Waals surface area contributed by atoms with E-state index in [1.807, 2.05) is 85.8 Å². The molecular weight excluding hydrogens is 648 g/mol. The molecule has 1 atom stereocenters. The summed E-state index contributed by atoms with van der Waals surface area (Å²) in [5.74, 6) is -0.0412. The maximum Gasteiger partial charge on any atom is 0.311 e. The Balaban J connectivity index is 1.32. The van der Waals surface area contributed by atoms with E-state index in [0.717, 1.165) is 16.9 Å². The number of carbonyl (C=O) groups excluding carboxylic acids is 3. The number of esters is 1. The Morgan fingerprint density at radius 2 is 1.56 bits per heavy atom. The molecule has 0 spiro atoms. The van der Waals surface area contributed by atoms with Gasteiger partial charge in [-0.25, -0.2) is 0 Å². The first kappa shape index (κ1) is 33.1. The average molecular weight is 685 g/mol. The highest BCUT2D eigenvalue weighted by atomic mass is 35.5. The number of methoxy groups -OCH3 is 1. The van der Waals surface area contributed by atoms with Crippen molar-refractivity contribution >= 4 is 40.2 Å². The fourth-order valence-electron chi connectivity index (χ4n) is 7.15. The molecule has 0 bridgehead atoms. The Labute approximate surface area is 296 Å². The number of fused-ring (bicyclic) bond motifs is 2. The molecule has 252 valence electrons. The number of carbonyl (C=O) groups is 3. The molecule has 50 heavy (non-hydrogen) atoms. The van der Waals surface area contributed by atoms with Gasteiger partial charge in [-0.3, -0.25) is 19.0 Å².